The zero-order chi connectivity index (χ0) is 30.2. The van der Waals surface area contributed by atoms with Gasteiger partial charge in [0.15, 0.2) is 11.5 Å². The van der Waals surface area contributed by atoms with E-state index in [2.05, 4.69) is 20.2 Å². The van der Waals surface area contributed by atoms with Crippen LogP contribution in [0, 0.1) is 0 Å². The van der Waals surface area contributed by atoms with Gasteiger partial charge in [0.05, 0.1) is 18.2 Å². The molecule has 1 spiro atoms. The molecule has 0 aliphatic carbocycles. The second-order valence-electron chi connectivity index (χ2n) is 10.8. The number of piperidine rings is 1. The zero-order valence-corrected chi connectivity index (χ0v) is 23.4. The van der Waals surface area contributed by atoms with Gasteiger partial charge in [0.25, 0.3) is 0 Å². The van der Waals surface area contributed by atoms with Gasteiger partial charge in [-0.25, -0.2) is 14.8 Å². The summed E-state index contributed by atoms with van der Waals surface area (Å²) >= 11 is 0. The van der Waals surface area contributed by atoms with Gasteiger partial charge in [-0.2, -0.15) is 13.2 Å². The average molecular weight is 594 g/mol. The lowest BCUT2D eigenvalue weighted by atomic mass is 9.86. The first-order chi connectivity index (χ1) is 20.6. The molecule has 2 aliphatic heterocycles. The van der Waals surface area contributed by atoms with Crippen molar-refractivity contribution in [3.8, 4) is 5.75 Å². The van der Waals surface area contributed by atoms with Gasteiger partial charge >= 0.3 is 12.2 Å². The van der Waals surface area contributed by atoms with Crippen molar-refractivity contribution in [2.75, 3.05) is 43.5 Å². The lowest BCUT2D eigenvalue weighted by Crippen LogP contribution is -2.54. The third-order valence-electron chi connectivity index (χ3n) is 8.18. The Hall–Kier alpha value is -4.81. The smallest absolute Gasteiger partial charge is 0.416 e. The topological polar surface area (TPSA) is 95.3 Å². The molecule has 0 atom stereocenters. The summed E-state index contributed by atoms with van der Waals surface area (Å²) in [5.41, 5.74) is 0.585. The minimum Gasteiger partial charge on any atom is -0.497 e. The second-order valence-corrected chi connectivity index (χ2v) is 10.8. The number of hydrogen-bond donors (Lipinski definition) is 1. The van der Waals surface area contributed by atoms with E-state index in [1.807, 2.05) is 46.0 Å². The van der Waals surface area contributed by atoms with E-state index in [1.165, 1.54) is 17.0 Å². The van der Waals surface area contributed by atoms with E-state index < -0.39 is 23.2 Å². The van der Waals surface area contributed by atoms with E-state index in [-0.39, 0.29) is 18.3 Å². The average Bonchev–Trinajstić information content (AvgIpc) is 3.57. The predicted octanol–water partition coefficient (Wildman–Crippen LogP) is 4.67. The Morgan fingerprint density at radius 3 is 2.33 bits per heavy atom. The zero-order valence-electron chi connectivity index (χ0n) is 23.4. The van der Waals surface area contributed by atoms with Gasteiger partial charge in [-0.3, -0.25) is 4.79 Å². The number of rotatable bonds is 7. The van der Waals surface area contributed by atoms with Gasteiger partial charge in [0.2, 0.25) is 5.91 Å². The van der Waals surface area contributed by atoms with Crippen LogP contribution in [-0.4, -0.2) is 74.9 Å². The van der Waals surface area contributed by atoms with Crippen LogP contribution in [0.5, 0.6) is 5.75 Å². The number of nitrogens with zero attached hydrogens (tertiary/aromatic N) is 6. The van der Waals surface area contributed by atoms with Gasteiger partial charge in [-0.15, -0.1) is 0 Å². The largest absolute Gasteiger partial charge is 0.497 e. The van der Waals surface area contributed by atoms with Crippen molar-refractivity contribution in [2.24, 2.45) is 0 Å². The highest BCUT2D eigenvalue weighted by atomic mass is 19.4. The number of methoxy groups -OCH3 is 1. The minimum atomic E-state index is -4.47. The normalized spacial score (nSPS) is 16.7. The number of carbonyl (C=O) groups excluding carboxylic acids is 2. The van der Waals surface area contributed by atoms with Gasteiger partial charge in [0, 0.05) is 56.7 Å². The van der Waals surface area contributed by atoms with Crippen LogP contribution >= 0.6 is 0 Å². The van der Waals surface area contributed by atoms with Gasteiger partial charge in [-0.05, 0) is 54.8 Å². The SMILES string of the molecule is COc1ccc(CN2C(=O)N(CC(=O)Nc3ccc(C(F)(F)F)cc3)CC23CCN(c2nccn4ccnc24)CC3)cc1. The summed E-state index contributed by atoms with van der Waals surface area (Å²) in [6, 6.07) is 11.5. The number of carbonyl (C=O) groups is 2. The first kappa shape index (κ1) is 28.3. The summed E-state index contributed by atoms with van der Waals surface area (Å²) in [7, 11) is 1.59. The fraction of sp³-hybridized carbons (Fsp3) is 0.333. The highest BCUT2D eigenvalue weighted by Gasteiger charge is 2.51. The van der Waals surface area contributed by atoms with Crippen LogP contribution in [0.25, 0.3) is 5.65 Å². The van der Waals surface area contributed by atoms with Crippen LogP contribution in [-0.2, 0) is 17.5 Å². The molecule has 10 nitrogen and oxygen atoms in total. The Bertz CT molecular complexity index is 1610. The molecular formula is C30H30F3N7O3. The van der Waals surface area contributed by atoms with E-state index in [0.717, 1.165) is 29.2 Å². The molecule has 4 heterocycles. The predicted molar refractivity (Wildman–Crippen MR) is 153 cm³/mol. The van der Waals surface area contributed by atoms with E-state index >= 15 is 0 Å². The molecule has 2 aromatic heterocycles. The van der Waals surface area contributed by atoms with Crippen molar-refractivity contribution in [2.45, 2.75) is 31.1 Å². The van der Waals surface area contributed by atoms with Crippen LogP contribution in [0.1, 0.15) is 24.0 Å². The fourth-order valence-electron chi connectivity index (χ4n) is 5.90. The van der Waals surface area contributed by atoms with Crippen molar-refractivity contribution >= 4 is 29.1 Å². The maximum atomic E-state index is 13.8. The highest BCUT2D eigenvalue weighted by Crippen LogP contribution is 2.39. The van der Waals surface area contributed by atoms with Gasteiger partial charge in [0.1, 0.15) is 12.3 Å². The Morgan fingerprint density at radius 2 is 1.67 bits per heavy atom. The second kappa shape index (κ2) is 11.1. The maximum Gasteiger partial charge on any atom is 0.416 e. The molecule has 2 fully saturated rings. The molecular weight excluding hydrogens is 563 g/mol. The fourth-order valence-corrected chi connectivity index (χ4v) is 5.90. The molecule has 13 heteroatoms. The number of imidazole rings is 1. The molecule has 1 N–H and O–H groups in total. The minimum absolute atomic E-state index is 0.223. The first-order valence-electron chi connectivity index (χ1n) is 13.8. The molecule has 0 bridgehead atoms. The number of anilines is 2. The van der Waals surface area contributed by atoms with E-state index in [1.54, 1.807) is 19.5 Å². The third-order valence-corrected chi connectivity index (χ3v) is 8.18. The summed E-state index contributed by atoms with van der Waals surface area (Å²) in [4.78, 5) is 41.3. The van der Waals surface area contributed by atoms with Crippen molar-refractivity contribution < 1.29 is 27.5 Å². The van der Waals surface area contributed by atoms with E-state index in [0.29, 0.717) is 44.8 Å². The van der Waals surface area contributed by atoms with Crippen LogP contribution < -0.4 is 15.0 Å². The van der Waals surface area contributed by atoms with E-state index in [4.69, 9.17) is 4.74 Å². The standard InChI is InChI=1S/C30H30F3N7O3/c1-43-24-8-2-21(3-9-24)18-40-28(42)39(19-25(41)36-23-6-4-22(5-7-23)30(31,32)33)20-29(40)10-14-37(15-11-29)26-27-35-13-17-38(27)16-12-34-26/h2-9,12-13,16-17H,10-11,14-15,18-20H2,1H3,(H,36,41). The summed E-state index contributed by atoms with van der Waals surface area (Å²) in [6.07, 6.45) is 4.00. The molecule has 224 valence electrons. The Labute approximate surface area is 245 Å². The molecule has 6 rings (SSSR count). The molecule has 3 amide bonds. The summed E-state index contributed by atoms with van der Waals surface area (Å²) in [5.74, 6) is 1.00. The van der Waals surface area contributed by atoms with Crippen molar-refractivity contribution in [1.29, 1.82) is 0 Å². The summed E-state index contributed by atoms with van der Waals surface area (Å²) in [6.45, 7) is 1.75. The number of fused-ring (bicyclic) bond motifs is 1. The quantitative estimate of drug-likeness (QED) is 0.335. The Kier molecular flexibility index (Phi) is 7.32. The molecule has 4 aromatic rings. The Balaban J connectivity index is 1.20. The lowest BCUT2D eigenvalue weighted by Gasteiger charge is -2.44. The first-order valence-corrected chi connectivity index (χ1v) is 13.8. The maximum absolute atomic E-state index is 13.8. The molecule has 2 aromatic carbocycles. The van der Waals surface area contributed by atoms with Crippen LogP contribution in [0.3, 0.4) is 0 Å². The number of halogens is 3. The summed E-state index contributed by atoms with van der Waals surface area (Å²) < 4.78 is 46.0. The molecule has 43 heavy (non-hydrogen) atoms. The van der Waals surface area contributed by atoms with Crippen molar-refractivity contribution in [3.05, 3.63) is 84.4 Å². The van der Waals surface area contributed by atoms with Crippen LogP contribution in [0.4, 0.5) is 29.5 Å². The molecule has 0 unspecified atom stereocenters. The van der Waals surface area contributed by atoms with Crippen LogP contribution in [0.2, 0.25) is 0 Å². The number of amides is 3. The van der Waals surface area contributed by atoms with Crippen LogP contribution in [0.15, 0.2) is 73.3 Å². The van der Waals surface area contributed by atoms with Crippen molar-refractivity contribution in [1.82, 2.24) is 24.2 Å². The monoisotopic (exact) mass is 593 g/mol. The van der Waals surface area contributed by atoms with Gasteiger partial charge in [-0.1, -0.05) is 12.1 Å². The number of aromatic nitrogens is 3. The molecule has 0 radical (unpaired) electrons. The number of alkyl halides is 3. The Morgan fingerprint density at radius 1 is 1.00 bits per heavy atom. The lowest BCUT2D eigenvalue weighted by molar-refractivity contribution is -0.137. The third kappa shape index (κ3) is 5.66. The van der Waals surface area contributed by atoms with Gasteiger partial charge < -0.3 is 29.2 Å². The van der Waals surface area contributed by atoms with E-state index in [9.17, 15) is 22.8 Å². The summed E-state index contributed by atoms with van der Waals surface area (Å²) in [5, 5.41) is 2.62. The highest BCUT2D eigenvalue weighted by molar-refractivity contribution is 5.95. The number of hydrogen-bond acceptors (Lipinski definition) is 6. The number of nitrogens with one attached hydrogen (secondary N) is 1. The number of urea groups is 1. The number of ether oxygens (including phenoxy) is 1. The van der Waals surface area contributed by atoms with Crippen molar-refractivity contribution in [3.63, 3.8) is 0 Å². The molecule has 2 aliphatic rings. The molecule has 0 saturated carbocycles. The molecule has 2 saturated heterocycles. The number of benzene rings is 2.